The second kappa shape index (κ2) is 7.26. The van der Waals surface area contributed by atoms with E-state index >= 15 is 0 Å². The van der Waals surface area contributed by atoms with Crippen molar-refractivity contribution in [3.8, 4) is 0 Å². The maximum Gasteiger partial charge on any atom is 0.0110 e. The molecule has 0 aromatic heterocycles. The first-order chi connectivity index (χ1) is 9.83. The zero-order valence-electron chi connectivity index (χ0n) is 13.4. The number of rotatable bonds is 4. The smallest absolute Gasteiger partial charge is 0.0110 e. The normalized spacial score (nSPS) is 42.8. The van der Waals surface area contributed by atoms with E-state index in [1.807, 2.05) is 0 Å². The zero-order chi connectivity index (χ0) is 13.8. The lowest BCUT2D eigenvalue weighted by molar-refractivity contribution is 0.229. The summed E-state index contributed by atoms with van der Waals surface area (Å²) in [6.45, 7) is 4.99. The molecule has 5 unspecified atom stereocenters. The number of nitrogens with one attached hydrogen (secondary N) is 2. The van der Waals surface area contributed by atoms with Crippen LogP contribution in [0.5, 0.6) is 0 Å². The summed E-state index contributed by atoms with van der Waals surface area (Å²) in [5, 5.41) is 7.78. The maximum absolute atomic E-state index is 3.98. The average molecular weight is 278 g/mol. The molecule has 0 aromatic rings. The van der Waals surface area contributed by atoms with Crippen molar-refractivity contribution in [2.24, 2.45) is 17.8 Å². The van der Waals surface area contributed by atoms with Gasteiger partial charge in [0.05, 0.1) is 0 Å². The standard InChI is InChI=1S/C18H34N2/c1-14-6-4-7-15(12-14)13-20-18-10-5-8-16(18)17-9-2-3-11-19-17/h14-20H,2-13H2,1H3. The quantitative estimate of drug-likeness (QED) is 0.819. The molecule has 0 spiro atoms. The minimum Gasteiger partial charge on any atom is -0.314 e. The molecule has 5 atom stereocenters. The summed E-state index contributed by atoms with van der Waals surface area (Å²) in [7, 11) is 0. The summed E-state index contributed by atoms with van der Waals surface area (Å²) in [6.07, 6.45) is 14.4. The second-order valence-electron chi connectivity index (χ2n) is 7.80. The van der Waals surface area contributed by atoms with Crippen LogP contribution in [-0.2, 0) is 0 Å². The van der Waals surface area contributed by atoms with Crippen molar-refractivity contribution in [1.29, 1.82) is 0 Å². The van der Waals surface area contributed by atoms with E-state index in [1.165, 1.54) is 77.3 Å². The molecule has 2 aliphatic carbocycles. The van der Waals surface area contributed by atoms with Crippen LogP contribution in [0.3, 0.4) is 0 Å². The zero-order valence-corrected chi connectivity index (χ0v) is 13.4. The summed E-state index contributed by atoms with van der Waals surface area (Å²) in [5.74, 6) is 2.84. The summed E-state index contributed by atoms with van der Waals surface area (Å²) in [6, 6.07) is 1.62. The molecular formula is C18H34N2. The van der Waals surface area contributed by atoms with Gasteiger partial charge in [-0.05, 0) is 69.4 Å². The Morgan fingerprint density at radius 3 is 2.65 bits per heavy atom. The molecule has 0 radical (unpaired) electrons. The second-order valence-corrected chi connectivity index (χ2v) is 7.80. The average Bonchev–Trinajstić information content (AvgIpc) is 2.95. The van der Waals surface area contributed by atoms with Crippen molar-refractivity contribution < 1.29 is 0 Å². The highest BCUT2D eigenvalue weighted by Gasteiger charge is 2.34. The van der Waals surface area contributed by atoms with Gasteiger partial charge in [-0.1, -0.05) is 32.6 Å². The van der Waals surface area contributed by atoms with Crippen LogP contribution in [0.25, 0.3) is 0 Å². The number of hydrogen-bond donors (Lipinski definition) is 2. The third kappa shape index (κ3) is 3.76. The molecule has 3 fully saturated rings. The molecule has 0 amide bonds. The van der Waals surface area contributed by atoms with Gasteiger partial charge >= 0.3 is 0 Å². The fraction of sp³-hybridized carbons (Fsp3) is 1.00. The summed E-state index contributed by atoms with van der Waals surface area (Å²) < 4.78 is 0. The molecule has 2 N–H and O–H groups in total. The van der Waals surface area contributed by atoms with Gasteiger partial charge in [0.2, 0.25) is 0 Å². The molecule has 1 heterocycles. The van der Waals surface area contributed by atoms with Gasteiger partial charge in [0.1, 0.15) is 0 Å². The molecule has 3 rings (SSSR count). The molecule has 0 bridgehead atoms. The first-order valence-electron chi connectivity index (χ1n) is 9.29. The molecule has 1 saturated heterocycles. The van der Waals surface area contributed by atoms with Gasteiger partial charge in [-0.2, -0.15) is 0 Å². The van der Waals surface area contributed by atoms with Gasteiger partial charge in [-0.15, -0.1) is 0 Å². The Balaban J connectivity index is 1.46. The van der Waals surface area contributed by atoms with E-state index < -0.39 is 0 Å². The van der Waals surface area contributed by atoms with Crippen LogP contribution in [-0.4, -0.2) is 25.2 Å². The van der Waals surface area contributed by atoms with Crippen LogP contribution in [0.1, 0.15) is 71.1 Å². The van der Waals surface area contributed by atoms with E-state index in [9.17, 15) is 0 Å². The van der Waals surface area contributed by atoms with Crippen molar-refractivity contribution in [2.45, 2.75) is 83.2 Å². The summed E-state index contributed by atoms with van der Waals surface area (Å²) in [4.78, 5) is 0. The van der Waals surface area contributed by atoms with Gasteiger partial charge in [-0.25, -0.2) is 0 Å². The third-order valence-corrected chi connectivity index (χ3v) is 6.15. The molecular weight excluding hydrogens is 244 g/mol. The number of piperidine rings is 1. The topological polar surface area (TPSA) is 24.1 Å². The Bertz CT molecular complexity index is 285. The number of hydrogen-bond acceptors (Lipinski definition) is 2. The predicted octanol–water partition coefficient (Wildman–Crippen LogP) is 3.71. The van der Waals surface area contributed by atoms with Crippen molar-refractivity contribution >= 4 is 0 Å². The lowest BCUT2D eigenvalue weighted by Gasteiger charge is -2.34. The largest absolute Gasteiger partial charge is 0.314 e. The van der Waals surface area contributed by atoms with Gasteiger partial charge in [0, 0.05) is 12.1 Å². The van der Waals surface area contributed by atoms with Gasteiger partial charge < -0.3 is 10.6 Å². The third-order valence-electron chi connectivity index (χ3n) is 6.15. The van der Waals surface area contributed by atoms with Crippen molar-refractivity contribution in [3.63, 3.8) is 0 Å². The van der Waals surface area contributed by atoms with E-state index in [-0.39, 0.29) is 0 Å². The molecule has 3 aliphatic rings. The lowest BCUT2D eigenvalue weighted by atomic mass is 9.82. The fourth-order valence-electron chi connectivity index (χ4n) is 5.03. The molecule has 0 aromatic carbocycles. The first kappa shape index (κ1) is 14.8. The van der Waals surface area contributed by atoms with Crippen LogP contribution in [0.15, 0.2) is 0 Å². The molecule has 2 nitrogen and oxygen atoms in total. The summed E-state index contributed by atoms with van der Waals surface area (Å²) in [5.41, 5.74) is 0. The Morgan fingerprint density at radius 2 is 1.85 bits per heavy atom. The monoisotopic (exact) mass is 278 g/mol. The van der Waals surface area contributed by atoms with Gasteiger partial charge in [-0.3, -0.25) is 0 Å². The maximum atomic E-state index is 3.98. The van der Waals surface area contributed by atoms with E-state index in [1.54, 1.807) is 0 Å². The molecule has 2 heteroatoms. The minimum absolute atomic E-state index is 0.808. The van der Waals surface area contributed by atoms with Gasteiger partial charge in [0.25, 0.3) is 0 Å². The van der Waals surface area contributed by atoms with Crippen LogP contribution in [0.2, 0.25) is 0 Å². The Hall–Kier alpha value is -0.0800. The van der Waals surface area contributed by atoms with E-state index in [0.29, 0.717) is 0 Å². The highest BCUT2D eigenvalue weighted by atomic mass is 15.0. The molecule has 2 saturated carbocycles. The van der Waals surface area contributed by atoms with Crippen LogP contribution in [0.4, 0.5) is 0 Å². The van der Waals surface area contributed by atoms with E-state index in [4.69, 9.17) is 0 Å². The van der Waals surface area contributed by atoms with Crippen LogP contribution in [0, 0.1) is 17.8 Å². The molecule has 20 heavy (non-hydrogen) atoms. The predicted molar refractivity (Wildman–Crippen MR) is 85.9 cm³/mol. The highest BCUT2D eigenvalue weighted by molar-refractivity contribution is 4.92. The minimum atomic E-state index is 0.808. The Labute approximate surface area is 125 Å². The lowest BCUT2D eigenvalue weighted by Crippen LogP contribution is -2.47. The summed E-state index contributed by atoms with van der Waals surface area (Å²) >= 11 is 0. The fourth-order valence-corrected chi connectivity index (χ4v) is 5.03. The SMILES string of the molecule is CC1CCCC(CNC2CCCC2C2CCCCN2)C1. The highest BCUT2D eigenvalue weighted by Crippen LogP contribution is 2.33. The van der Waals surface area contributed by atoms with Gasteiger partial charge in [0.15, 0.2) is 0 Å². The molecule has 1 aliphatic heterocycles. The van der Waals surface area contributed by atoms with Crippen LogP contribution < -0.4 is 10.6 Å². The van der Waals surface area contributed by atoms with E-state index in [0.717, 1.165) is 29.8 Å². The first-order valence-corrected chi connectivity index (χ1v) is 9.29. The Kier molecular flexibility index (Phi) is 5.39. The molecule has 116 valence electrons. The van der Waals surface area contributed by atoms with Crippen molar-refractivity contribution in [2.75, 3.05) is 13.1 Å². The Morgan fingerprint density at radius 1 is 0.950 bits per heavy atom. The van der Waals surface area contributed by atoms with Crippen molar-refractivity contribution in [1.82, 2.24) is 10.6 Å². The van der Waals surface area contributed by atoms with Crippen molar-refractivity contribution in [3.05, 3.63) is 0 Å². The van der Waals surface area contributed by atoms with Crippen LogP contribution >= 0.6 is 0 Å². The van der Waals surface area contributed by atoms with E-state index in [2.05, 4.69) is 17.6 Å².